The van der Waals surface area contributed by atoms with E-state index in [-0.39, 0.29) is 0 Å². The van der Waals surface area contributed by atoms with Gasteiger partial charge in [-0.3, -0.25) is 0 Å². The normalized spacial score (nSPS) is 11.0. The maximum atomic E-state index is 5.49. The lowest BCUT2D eigenvalue weighted by atomic mass is 10.0. The average Bonchev–Trinajstić information content (AvgIpc) is 3.12. The Balaban J connectivity index is 1.95. The molecule has 0 saturated carbocycles. The first-order valence-corrected chi connectivity index (χ1v) is 9.31. The SMILES string of the molecule is COCc1nn2c(-c3ccc(C)cc3)ccnc2c1-c1ccc(OC)c(OC)c1. The zero-order valence-electron chi connectivity index (χ0n) is 17.0. The fraction of sp³-hybridized carbons (Fsp3) is 0.217. The highest BCUT2D eigenvalue weighted by Gasteiger charge is 2.19. The topological polar surface area (TPSA) is 57.9 Å². The number of methoxy groups -OCH3 is 3. The van der Waals surface area contributed by atoms with Gasteiger partial charge in [0.15, 0.2) is 17.1 Å². The van der Waals surface area contributed by atoms with Gasteiger partial charge in [-0.25, -0.2) is 9.50 Å². The third-order valence-electron chi connectivity index (χ3n) is 4.89. The maximum absolute atomic E-state index is 5.49. The van der Waals surface area contributed by atoms with Gasteiger partial charge in [-0.15, -0.1) is 0 Å². The number of aromatic nitrogens is 3. The van der Waals surface area contributed by atoms with Crippen LogP contribution in [0.15, 0.2) is 54.7 Å². The molecule has 0 aliphatic carbocycles. The molecular weight excluding hydrogens is 366 g/mol. The smallest absolute Gasteiger partial charge is 0.163 e. The molecule has 0 atom stereocenters. The van der Waals surface area contributed by atoms with Gasteiger partial charge < -0.3 is 14.2 Å². The Morgan fingerprint density at radius 1 is 0.862 bits per heavy atom. The second kappa shape index (κ2) is 7.93. The number of benzene rings is 2. The molecule has 6 heteroatoms. The molecule has 6 nitrogen and oxygen atoms in total. The van der Waals surface area contributed by atoms with Crippen molar-refractivity contribution in [2.75, 3.05) is 21.3 Å². The van der Waals surface area contributed by atoms with Crippen molar-refractivity contribution >= 4 is 5.65 Å². The molecule has 2 heterocycles. The summed E-state index contributed by atoms with van der Waals surface area (Å²) in [5.41, 5.74) is 6.70. The van der Waals surface area contributed by atoms with Gasteiger partial charge in [0, 0.05) is 18.9 Å². The lowest BCUT2D eigenvalue weighted by Gasteiger charge is -2.10. The van der Waals surface area contributed by atoms with Crippen molar-refractivity contribution < 1.29 is 14.2 Å². The van der Waals surface area contributed by atoms with Gasteiger partial charge in [-0.1, -0.05) is 35.9 Å². The van der Waals surface area contributed by atoms with Gasteiger partial charge in [0.05, 0.1) is 37.8 Å². The average molecular weight is 389 g/mol. The van der Waals surface area contributed by atoms with E-state index in [1.54, 1.807) is 21.3 Å². The van der Waals surface area contributed by atoms with E-state index in [0.717, 1.165) is 33.7 Å². The summed E-state index contributed by atoms with van der Waals surface area (Å²) in [6.45, 7) is 2.45. The van der Waals surface area contributed by atoms with Crippen molar-refractivity contribution in [3.63, 3.8) is 0 Å². The minimum absolute atomic E-state index is 0.375. The molecule has 0 N–H and O–H groups in total. The van der Waals surface area contributed by atoms with Crippen LogP contribution in [-0.2, 0) is 11.3 Å². The van der Waals surface area contributed by atoms with Crippen LogP contribution >= 0.6 is 0 Å². The highest BCUT2D eigenvalue weighted by atomic mass is 16.5. The molecule has 0 radical (unpaired) electrons. The van der Waals surface area contributed by atoms with E-state index in [1.165, 1.54) is 5.56 Å². The summed E-state index contributed by atoms with van der Waals surface area (Å²) >= 11 is 0. The monoisotopic (exact) mass is 389 g/mol. The van der Waals surface area contributed by atoms with Gasteiger partial charge in [-0.2, -0.15) is 5.10 Å². The second-order valence-corrected chi connectivity index (χ2v) is 6.76. The first-order chi connectivity index (χ1) is 14.2. The summed E-state index contributed by atoms with van der Waals surface area (Å²) in [5.74, 6) is 1.33. The predicted molar refractivity (Wildman–Crippen MR) is 112 cm³/mol. The molecule has 29 heavy (non-hydrogen) atoms. The third kappa shape index (κ3) is 3.43. The Morgan fingerprint density at radius 2 is 1.59 bits per heavy atom. The Labute approximate surface area is 169 Å². The van der Waals surface area contributed by atoms with Crippen LogP contribution < -0.4 is 9.47 Å². The van der Waals surface area contributed by atoms with E-state index in [9.17, 15) is 0 Å². The number of aryl methyl sites for hydroxylation is 1. The number of hydrogen-bond acceptors (Lipinski definition) is 5. The summed E-state index contributed by atoms with van der Waals surface area (Å²) in [7, 11) is 4.91. The van der Waals surface area contributed by atoms with Gasteiger partial charge in [-0.05, 0) is 30.7 Å². The highest BCUT2D eigenvalue weighted by Crippen LogP contribution is 2.36. The summed E-state index contributed by atoms with van der Waals surface area (Å²) in [4.78, 5) is 4.64. The van der Waals surface area contributed by atoms with Gasteiger partial charge in [0.1, 0.15) is 0 Å². The van der Waals surface area contributed by atoms with Crippen molar-refractivity contribution in [2.24, 2.45) is 0 Å². The van der Waals surface area contributed by atoms with Crippen molar-refractivity contribution in [3.8, 4) is 33.9 Å². The first kappa shape index (κ1) is 19.0. The van der Waals surface area contributed by atoms with Crippen LogP contribution in [0.4, 0.5) is 0 Å². The van der Waals surface area contributed by atoms with Crippen LogP contribution in [0.5, 0.6) is 11.5 Å². The maximum Gasteiger partial charge on any atom is 0.163 e. The zero-order valence-corrected chi connectivity index (χ0v) is 17.0. The van der Waals surface area contributed by atoms with E-state index in [4.69, 9.17) is 19.3 Å². The first-order valence-electron chi connectivity index (χ1n) is 9.31. The molecule has 4 rings (SSSR count). The van der Waals surface area contributed by atoms with Crippen LogP contribution in [0.1, 0.15) is 11.3 Å². The van der Waals surface area contributed by atoms with E-state index in [0.29, 0.717) is 18.1 Å². The molecule has 148 valence electrons. The number of fused-ring (bicyclic) bond motifs is 1. The largest absolute Gasteiger partial charge is 0.493 e. The van der Waals surface area contributed by atoms with Crippen LogP contribution in [0.3, 0.4) is 0 Å². The lowest BCUT2D eigenvalue weighted by Crippen LogP contribution is -1.96. The summed E-state index contributed by atoms with van der Waals surface area (Å²) in [5, 5.41) is 4.83. The molecule has 0 saturated heterocycles. The molecule has 0 amide bonds. The molecule has 0 unspecified atom stereocenters. The third-order valence-corrected chi connectivity index (χ3v) is 4.89. The number of hydrogen-bond donors (Lipinski definition) is 0. The molecule has 0 bridgehead atoms. The van der Waals surface area contributed by atoms with Crippen molar-refractivity contribution in [1.82, 2.24) is 14.6 Å². The lowest BCUT2D eigenvalue weighted by molar-refractivity contribution is 0.181. The molecule has 0 aliphatic heterocycles. The fourth-order valence-corrected chi connectivity index (χ4v) is 3.46. The van der Waals surface area contributed by atoms with Gasteiger partial charge in [0.2, 0.25) is 0 Å². The van der Waals surface area contributed by atoms with E-state index >= 15 is 0 Å². The van der Waals surface area contributed by atoms with Crippen LogP contribution in [0.2, 0.25) is 0 Å². The summed E-state index contributed by atoms with van der Waals surface area (Å²) < 4.78 is 18.2. The van der Waals surface area contributed by atoms with E-state index < -0.39 is 0 Å². The van der Waals surface area contributed by atoms with Crippen LogP contribution in [0, 0.1) is 6.92 Å². The van der Waals surface area contributed by atoms with Crippen molar-refractivity contribution in [1.29, 1.82) is 0 Å². The van der Waals surface area contributed by atoms with Crippen LogP contribution in [-0.4, -0.2) is 35.9 Å². The quantitative estimate of drug-likeness (QED) is 0.485. The predicted octanol–water partition coefficient (Wildman–Crippen LogP) is 4.54. The highest BCUT2D eigenvalue weighted by molar-refractivity contribution is 5.82. The van der Waals surface area contributed by atoms with E-state index in [2.05, 4.69) is 36.2 Å². The molecule has 0 fully saturated rings. The molecule has 0 spiro atoms. The van der Waals surface area contributed by atoms with E-state index in [1.807, 2.05) is 35.0 Å². The van der Waals surface area contributed by atoms with Gasteiger partial charge in [0.25, 0.3) is 0 Å². The number of ether oxygens (including phenoxy) is 3. The molecule has 2 aromatic heterocycles. The molecule has 4 aromatic rings. The number of rotatable bonds is 6. The zero-order chi connectivity index (χ0) is 20.4. The summed E-state index contributed by atoms with van der Waals surface area (Å²) in [6.07, 6.45) is 1.81. The molecule has 0 aliphatic rings. The molecule has 2 aromatic carbocycles. The Morgan fingerprint density at radius 3 is 2.28 bits per heavy atom. The summed E-state index contributed by atoms with van der Waals surface area (Å²) in [6, 6.07) is 16.2. The minimum atomic E-state index is 0.375. The Kier molecular flexibility index (Phi) is 5.18. The molecular formula is C23H23N3O3. The minimum Gasteiger partial charge on any atom is -0.493 e. The second-order valence-electron chi connectivity index (χ2n) is 6.76. The Hall–Kier alpha value is -3.38. The fourth-order valence-electron chi connectivity index (χ4n) is 3.46. The van der Waals surface area contributed by atoms with Crippen molar-refractivity contribution in [2.45, 2.75) is 13.5 Å². The van der Waals surface area contributed by atoms with Crippen molar-refractivity contribution in [3.05, 3.63) is 66.0 Å². The standard InChI is InChI=1S/C23H23N3O3/c1-15-5-7-16(8-6-15)19-11-12-24-23-22(18(14-27-2)25-26(19)23)17-9-10-20(28-3)21(13-17)29-4/h5-13H,14H2,1-4H3. The number of nitrogens with zero attached hydrogens (tertiary/aromatic N) is 3. The van der Waals surface area contributed by atoms with Crippen LogP contribution in [0.25, 0.3) is 28.0 Å². The Bertz CT molecular complexity index is 1150. The van der Waals surface area contributed by atoms with Gasteiger partial charge >= 0.3 is 0 Å².